The zero-order valence-electron chi connectivity index (χ0n) is 11.8. The van der Waals surface area contributed by atoms with Crippen LogP contribution in [0, 0.1) is 11.8 Å². The molecule has 1 aromatic carbocycles. The first-order valence-electron chi connectivity index (χ1n) is 7.18. The van der Waals surface area contributed by atoms with Crippen LogP contribution in [0.1, 0.15) is 37.8 Å². The Balaban J connectivity index is 2.02. The van der Waals surface area contributed by atoms with Crippen molar-refractivity contribution < 1.29 is 8.78 Å². The number of rotatable bonds is 4. The van der Waals surface area contributed by atoms with E-state index in [9.17, 15) is 8.78 Å². The summed E-state index contributed by atoms with van der Waals surface area (Å²) in [6.07, 6.45) is 3.38. The van der Waals surface area contributed by atoms with Gasteiger partial charge in [0, 0.05) is 11.5 Å². The highest BCUT2D eigenvalue weighted by Crippen LogP contribution is 2.35. The molecule has 1 aliphatic rings. The van der Waals surface area contributed by atoms with Gasteiger partial charge < -0.3 is 5.32 Å². The van der Waals surface area contributed by atoms with Crippen molar-refractivity contribution in [2.24, 2.45) is 11.8 Å². The van der Waals surface area contributed by atoms with Gasteiger partial charge in [-0.3, -0.25) is 0 Å². The number of alkyl halides is 2. The molecule has 0 saturated carbocycles. The first-order valence-corrected chi connectivity index (χ1v) is 7.18. The summed E-state index contributed by atoms with van der Waals surface area (Å²) in [5.74, 6) is -2.70. The molecule has 3 heteroatoms. The second-order valence-corrected chi connectivity index (χ2v) is 5.87. The Hall–Kier alpha value is -0.960. The van der Waals surface area contributed by atoms with E-state index < -0.39 is 11.8 Å². The van der Waals surface area contributed by atoms with Gasteiger partial charge in [-0.2, -0.15) is 0 Å². The van der Waals surface area contributed by atoms with Gasteiger partial charge in [0.1, 0.15) is 0 Å². The van der Waals surface area contributed by atoms with Gasteiger partial charge in [0.2, 0.25) is 0 Å². The maximum absolute atomic E-state index is 13.9. The van der Waals surface area contributed by atoms with E-state index in [1.165, 1.54) is 18.4 Å². The molecule has 2 rings (SSSR count). The van der Waals surface area contributed by atoms with Crippen molar-refractivity contribution in [2.45, 2.75) is 39.0 Å². The van der Waals surface area contributed by atoms with E-state index in [-0.39, 0.29) is 5.56 Å². The second-order valence-electron chi connectivity index (χ2n) is 5.87. The van der Waals surface area contributed by atoms with Gasteiger partial charge in [-0.25, -0.2) is 8.78 Å². The molecule has 1 saturated heterocycles. The van der Waals surface area contributed by atoms with Crippen molar-refractivity contribution in [3.05, 3.63) is 35.4 Å². The molecule has 0 aliphatic carbocycles. The predicted octanol–water partition coefficient (Wildman–Crippen LogP) is 3.98. The van der Waals surface area contributed by atoms with E-state index in [4.69, 9.17) is 0 Å². The van der Waals surface area contributed by atoms with Crippen LogP contribution in [0.5, 0.6) is 0 Å². The minimum absolute atomic E-state index is 0.136. The summed E-state index contributed by atoms with van der Waals surface area (Å²) in [5, 5.41) is 3.34. The number of hydrogen-bond donors (Lipinski definition) is 1. The normalized spacial score (nSPS) is 17.9. The highest BCUT2D eigenvalue weighted by molar-refractivity contribution is 5.26. The maximum atomic E-state index is 13.9. The number of nitrogens with one attached hydrogen (secondary N) is 1. The molecule has 1 aromatic rings. The molecule has 1 aliphatic heterocycles. The molecule has 1 heterocycles. The Bertz CT molecular complexity index is 392. The number of hydrogen-bond acceptors (Lipinski definition) is 1. The zero-order valence-corrected chi connectivity index (χ0v) is 11.8. The molecular weight excluding hydrogens is 244 g/mol. The average molecular weight is 267 g/mol. The van der Waals surface area contributed by atoms with E-state index in [2.05, 4.69) is 5.32 Å². The summed E-state index contributed by atoms with van der Waals surface area (Å²) in [5.41, 5.74) is 1.31. The van der Waals surface area contributed by atoms with Crippen LogP contribution >= 0.6 is 0 Å². The van der Waals surface area contributed by atoms with E-state index in [1.807, 2.05) is 12.1 Å². The molecule has 106 valence electrons. The Morgan fingerprint density at radius 3 is 2.26 bits per heavy atom. The minimum Gasteiger partial charge on any atom is -0.317 e. The van der Waals surface area contributed by atoms with Gasteiger partial charge in [-0.15, -0.1) is 0 Å². The van der Waals surface area contributed by atoms with Crippen LogP contribution in [-0.2, 0) is 12.3 Å². The van der Waals surface area contributed by atoms with Crippen LogP contribution in [0.2, 0.25) is 0 Å². The standard InChI is InChI=1S/C16H23F2N/c1-12(2)16(17,18)15-5-3-13(4-6-15)11-14-7-9-19-10-8-14/h3-6,12,14,19H,7-11H2,1-2H3. The fourth-order valence-corrected chi connectivity index (χ4v) is 2.62. The lowest BCUT2D eigenvalue weighted by Gasteiger charge is -2.23. The Kier molecular flexibility index (Phi) is 4.56. The van der Waals surface area contributed by atoms with Crippen LogP contribution in [0.25, 0.3) is 0 Å². The molecular formula is C16H23F2N. The molecule has 0 amide bonds. The van der Waals surface area contributed by atoms with Crippen molar-refractivity contribution >= 4 is 0 Å². The highest BCUT2D eigenvalue weighted by Gasteiger charge is 2.35. The molecule has 19 heavy (non-hydrogen) atoms. The zero-order chi connectivity index (χ0) is 13.9. The van der Waals surface area contributed by atoms with E-state index >= 15 is 0 Å². The van der Waals surface area contributed by atoms with Crippen molar-refractivity contribution in [3.63, 3.8) is 0 Å². The summed E-state index contributed by atoms with van der Waals surface area (Å²) in [4.78, 5) is 0. The summed E-state index contributed by atoms with van der Waals surface area (Å²) in [7, 11) is 0. The topological polar surface area (TPSA) is 12.0 Å². The highest BCUT2D eigenvalue weighted by atomic mass is 19.3. The van der Waals surface area contributed by atoms with Gasteiger partial charge in [0.05, 0.1) is 0 Å². The lowest BCUT2D eigenvalue weighted by atomic mass is 9.90. The fraction of sp³-hybridized carbons (Fsp3) is 0.625. The predicted molar refractivity (Wildman–Crippen MR) is 74.5 cm³/mol. The van der Waals surface area contributed by atoms with Crippen molar-refractivity contribution in [1.29, 1.82) is 0 Å². The maximum Gasteiger partial charge on any atom is 0.275 e. The Morgan fingerprint density at radius 1 is 1.16 bits per heavy atom. The third-order valence-electron chi connectivity index (χ3n) is 4.05. The molecule has 0 radical (unpaired) electrons. The summed E-state index contributed by atoms with van der Waals surface area (Å²) in [6, 6.07) is 6.92. The summed E-state index contributed by atoms with van der Waals surface area (Å²) < 4.78 is 27.7. The number of halogens is 2. The molecule has 0 atom stereocenters. The van der Waals surface area contributed by atoms with Crippen LogP contribution in [0.4, 0.5) is 8.78 Å². The lowest BCUT2D eigenvalue weighted by molar-refractivity contribution is -0.0513. The van der Waals surface area contributed by atoms with Crippen LogP contribution in [0.3, 0.4) is 0 Å². The average Bonchev–Trinajstić information content (AvgIpc) is 2.40. The van der Waals surface area contributed by atoms with Gasteiger partial charge in [0.25, 0.3) is 5.92 Å². The molecule has 0 unspecified atom stereocenters. The molecule has 1 nitrogen and oxygen atoms in total. The van der Waals surface area contributed by atoms with Crippen LogP contribution < -0.4 is 5.32 Å². The lowest BCUT2D eigenvalue weighted by Crippen LogP contribution is -2.28. The van der Waals surface area contributed by atoms with Gasteiger partial charge >= 0.3 is 0 Å². The second kappa shape index (κ2) is 6.00. The smallest absolute Gasteiger partial charge is 0.275 e. The van der Waals surface area contributed by atoms with Gasteiger partial charge in [-0.1, -0.05) is 38.1 Å². The molecule has 0 spiro atoms. The quantitative estimate of drug-likeness (QED) is 0.870. The minimum atomic E-state index is -2.73. The van der Waals surface area contributed by atoms with Crippen LogP contribution in [-0.4, -0.2) is 13.1 Å². The first-order chi connectivity index (χ1) is 9.00. The molecule has 0 bridgehead atoms. The first kappa shape index (κ1) is 14.4. The van der Waals surface area contributed by atoms with Gasteiger partial charge in [-0.05, 0) is 43.8 Å². The van der Waals surface area contributed by atoms with Gasteiger partial charge in [0.15, 0.2) is 0 Å². The fourth-order valence-electron chi connectivity index (χ4n) is 2.62. The monoisotopic (exact) mass is 267 g/mol. The largest absolute Gasteiger partial charge is 0.317 e. The molecule has 1 fully saturated rings. The molecule has 0 aromatic heterocycles. The van der Waals surface area contributed by atoms with Crippen LogP contribution in [0.15, 0.2) is 24.3 Å². The number of piperidine rings is 1. The van der Waals surface area contributed by atoms with E-state index in [1.54, 1.807) is 26.0 Å². The third kappa shape index (κ3) is 3.53. The van der Waals surface area contributed by atoms with Crippen molar-refractivity contribution in [3.8, 4) is 0 Å². The SMILES string of the molecule is CC(C)C(F)(F)c1ccc(CC2CCNCC2)cc1. The van der Waals surface area contributed by atoms with E-state index in [0.717, 1.165) is 19.5 Å². The van der Waals surface area contributed by atoms with Crippen molar-refractivity contribution in [2.75, 3.05) is 13.1 Å². The number of benzene rings is 1. The van der Waals surface area contributed by atoms with E-state index in [0.29, 0.717) is 5.92 Å². The Labute approximate surface area is 114 Å². The summed E-state index contributed by atoms with van der Waals surface area (Å²) in [6.45, 7) is 5.27. The third-order valence-corrected chi connectivity index (χ3v) is 4.05. The van der Waals surface area contributed by atoms with Crippen molar-refractivity contribution in [1.82, 2.24) is 5.32 Å². The summed E-state index contributed by atoms with van der Waals surface area (Å²) >= 11 is 0. The molecule has 1 N–H and O–H groups in total. The Morgan fingerprint density at radius 2 is 1.74 bits per heavy atom.